The molecule has 0 aliphatic carbocycles. The predicted molar refractivity (Wildman–Crippen MR) is 92.0 cm³/mol. The molecule has 2 aliphatic rings. The van der Waals surface area contributed by atoms with Crippen LogP contribution in [-0.4, -0.2) is 34.1 Å². The van der Waals surface area contributed by atoms with Crippen LogP contribution in [0.15, 0.2) is 48.8 Å². The van der Waals surface area contributed by atoms with Crippen LogP contribution in [0.3, 0.4) is 0 Å². The second kappa shape index (κ2) is 6.70. The Morgan fingerprint density at radius 2 is 1.80 bits per heavy atom. The molecule has 25 heavy (non-hydrogen) atoms. The van der Waals surface area contributed by atoms with Crippen molar-refractivity contribution < 1.29 is 13.9 Å². The van der Waals surface area contributed by atoms with Crippen LogP contribution in [0.5, 0.6) is 5.75 Å². The van der Waals surface area contributed by atoms with Crippen LogP contribution in [0.1, 0.15) is 25.7 Å². The number of para-hydroxylation sites is 1. The number of hydrogen-bond acceptors (Lipinski definition) is 3. The number of carbonyl (C=O) groups is 1. The molecule has 0 radical (unpaired) electrons. The number of halogens is 1. The first-order valence-corrected chi connectivity index (χ1v) is 8.61. The number of piperidine rings is 1. The summed E-state index contributed by atoms with van der Waals surface area (Å²) in [5.41, 5.74) is 0.224. The van der Waals surface area contributed by atoms with Gasteiger partial charge < -0.3 is 15.0 Å². The van der Waals surface area contributed by atoms with Gasteiger partial charge in [-0.3, -0.25) is 4.98 Å². The first-order chi connectivity index (χ1) is 12.2. The van der Waals surface area contributed by atoms with Crippen molar-refractivity contribution in [1.29, 1.82) is 0 Å². The molecule has 3 heterocycles. The fourth-order valence-corrected chi connectivity index (χ4v) is 3.91. The lowest BCUT2D eigenvalue weighted by atomic mass is 10.00. The molecule has 0 saturated carbocycles. The first kappa shape index (κ1) is 15.9. The SMILES string of the molecule is O=C(Nc1ccccc1F)N1C2CCC1CC(Oc1ccncc1)C2. The van der Waals surface area contributed by atoms with Crippen LogP contribution in [-0.2, 0) is 0 Å². The van der Waals surface area contributed by atoms with Crippen LogP contribution >= 0.6 is 0 Å². The van der Waals surface area contributed by atoms with Gasteiger partial charge in [0, 0.05) is 37.3 Å². The second-order valence-electron chi connectivity index (χ2n) is 6.60. The smallest absolute Gasteiger partial charge is 0.322 e. The van der Waals surface area contributed by atoms with Crippen LogP contribution < -0.4 is 10.1 Å². The third-order valence-electron chi connectivity index (χ3n) is 4.99. The number of hydrogen-bond donors (Lipinski definition) is 1. The van der Waals surface area contributed by atoms with Crippen molar-refractivity contribution in [2.45, 2.75) is 43.9 Å². The molecule has 4 rings (SSSR count). The highest BCUT2D eigenvalue weighted by Crippen LogP contribution is 2.37. The minimum atomic E-state index is -0.417. The van der Waals surface area contributed by atoms with Gasteiger partial charge in [0.25, 0.3) is 0 Å². The summed E-state index contributed by atoms with van der Waals surface area (Å²) in [7, 11) is 0. The highest BCUT2D eigenvalue weighted by Gasteiger charge is 2.44. The highest BCUT2D eigenvalue weighted by molar-refractivity contribution is 5.90. The fourth-order valence-electron chi connectivity index (χ4n) is 3.91. The average molecular weight is 341 g/mol. The van der Waals surface area contributed by atoms with E-state index in [0.717, 1.165) is 31.4 Å². The first-order valence-electron chi connectivity index (χ1n) is 8.61. The van der Waals surface area contributed by atoms with Crippen LogP contribution in [0.4, 0.5) is 14.9 Å². The molecule has 2 saturated heterocycles. The van der Waals surface area contributed by atoms with Crippen molar-refractivity contribution in [1.82, 2.24) is 9.88 Å². The van der Waals surface area contributed by atoms with E-state index >= 15 is 0 Å². The molecule has 2 amide bonds. The zero-order chi connectivity index (χ0) is 17.2. The van der Waals surface area contributed by atoms with Gasteiger partial charge in [-0.2, -0.15) is 0 Å². The summed E-state index contributed by atoms with van der Waals surface area (Å²) in [6, 6.07) is 9.99. The maximum atomic E-state index is 13.8. The summed E-state index contributed by atoms with van der Waals surface area (Å²) >= 11 is 0. The van der Waals surface area contributed by atoms with E-state index in [1.54, 1.807) is 30.6 Å². The summed E-state index contributed by atoms with van der Waals surface area (Å²) in [5, 5.41) is 2.71. The Labute approximate surface area is 145 Å². The van der Waals surface area contributed by atoms with Crippen molar-refractivity contribution in [2.75, 3.05) is 5.32 Å². The monoisotopic (exact) mass is 341 g/mol. The molecular formula is C19H20FN3O2. The fraction of sp³-hybridized carbons (Fsp3) is 0.368. The molecule has 2 bridgehead atoms. The summed E-state index contributed by atoms with van der Waals surface area (Å²) in [6.07, 6.45) is 7.03. The van der Waals surface area contributed by atoms with E-state index in [9.17, 15) is 9.18 Å². The number of ether oxygens (including phenoxy) is 1. The van der Waals surface area contributed by atoms with E-state index in [1.807, 2.05) is 17.0 Å². The molecule has 2 atom stereocenters. The number of amides is 2. The zero-order valence-electron chi connectivity index (χ0n) is 13.8. The number of nitrogens with one attached hydrogen (secondary N) is 1. The number of urea groups is 1. The number of rotatable bonds is 3. The van der Waals surface area contributed by atoms with E-state index in [4.69, 9.17) is 4.74 Å². The van der Waals surface area contributed by atoms with Crippen LogP contribution in [0.2, 0.25) is 0 Å². The summed E-state index contributed by atoms with van der Waals surface area (Å²) in [5.74, 6) is 0.391. The third kappa shape index (κ3) is 3.29. The lowest BCUT2D eigenvalue weighted by Crippen LogP contribution is -2.50. The Morgan fingerprint density at radius 1 is 1.12 bits per heavy atom. The van der Waals surface area contributed by atoms with Crippen molar-refractivity contribution in [3.05, 3.63) is 54.6 Å². The Balaban J connectivity index is 1.42. The van der Waals surface area contributed by atoms with Gasteiger partial charge in [-0.05, 0) is 37.1 Å². The molecule has 0 spiro atoms. The average Bonchev–Trinajstić information content (AvgIpc) is 2.89. The third-order valence-corrected chi connectivity index (χ3v) is 4.99. The van der Waals surface area contributed by atoms with Gasteiger partial charge in [0.05, 0.1) is 5.69 Å². The van der Waals surface area contributed by atoms with Crippen molar-refractivity contribution in [3.8, 4) is 5.75 Å². The van der Waals surface area contributed by atoms with E-state index < -0.39 is 5.82 Å². The molecule has 6 heteroatoms. The van der Waals surface area contributed by atoms with Gasteiger partial charge in [0.15, 0.2) is 0 Å². The van der Waals surface area contributed by atoms with Crippen LogP contribution in [0, 0.1) is 5.82 Å². The number of pyridine rings is 1. The van der Waals surface area contributed by atoms with E-state index in [-0.39, 0.29) is 29.9 Å². The molecular weight excluding hydrogens is 321 g/mol. The van der Waals surface area contributed by atoms with E-state index in [2.05, 4.69) is 10.3 Å². The number of nitrogens with zero attached hydrogens (tertiary/aromatic N) is 2. The van der Waals surface area contributed by atoms with Crippen molar-refractivity contribution in [2.24, 2.45) is 0 Å². The van der Waals surface area contributed by atoms with Gasteiger partial charge in [0.2, 0.25) is 0 Å². The molecule has 1 aromatic heterocycles. The summed E-state index contributed by atoms with van der Waals surface area (Å²) < 4.78 is 19.8. The lowest BCUT2D eigenvalue weighted by Gasteiger charge is -2.38. The van der Waals surface area contributed by atoms with Gasteiger partial charge >= 0.3 is 6.03 Å². The van der Waals surface area contributed by atoms with E-state index in [0.29, 0.717) is 0 Å². The highest BCUT2D eigenvalue weighted by atomic mass is 19.1. The standard InChI is InChI=1S/C19H20FN3O2/c20-17-3-1-2-4-18(17)22-19(24)23-13-5-6-14(23)12-16(11-13)25-15-7-9-21-10-8-15/h1-4,7-10,13-14,16H,5-6,11-12H2,(H,22,24). The Hall–Kier alpha value is -2.63. The number of anilines is 1. The minimum absolute atomic E-state index is 0.0948. The van der Waals surface area contributed by atoms with Crippen LogP contribution in [0.25, 0.3) is 0 Å². The van der Waals surface area contributed by atoms with Crippen molar-refractivity contribution >= 4 is 11.7 Å². The van der Waals surface area contributed by atoms with Crippen molar-refractivity contribution in [3.63, 3.8) is 0 Å². The maximum Gasteiger partial charge on any atom is 0.322 e. The molecule has 5 nitrogen and oxygen atoms in total. The zero-order valence-corrected chi connectivity index (χ0v) is 13.8. The Bertz CT molecular complexity index is 741. The number of benzene rings is 1. The Kier molecular flexibility index (Phi) is 4.26. The number of carbonyl (C=O) groups excluding carboxylic acids is 1. The quantitative estimate of drug-likeness (QED) is 0.923. The van der Waals surface area contributed by atoms with Gasteiger partial charge in [0.1, 0.15) is 17.7 Å². The van der Waals surface area contributed by atoms with E-state index in [1.165, 1.54) is 6.07 Å². The second-order valence-corrected chi connectivity index (χ2v) is 6.60. The maximum absolute atomic E-state index is 13.8. The number of fused-ring (bicyclic) bond motifs is 2. The molecule has 1 aromatic carbocycles. The summed E-state index contributed by atoms with van der Waals surface area (Å²) in [6.45, 7) is 0. The number of aromatic nitrogens is 1. The predicted octanol–water partition coefficient (Wildman–Crippen LogP) is 3.83. The largest absolute Gasteiger partial charge is 0.490 e. The molecule has 2 fully saturated rings. The van der Waals surface area contributed by atoms with Gasteiger partial charge in [-0.25, -0.2) is 9.18 Å². The molecule has 1 N–H and O–H groups in total. The molecule has 2 aromatic rings. The molecule has 2 aliphatic heterocycles. The van der Waals surface area contributed by atoms with Gasteiger partial charge in [-0.1, -0.05) is 12.1 Å². The van der Waals surface area contributed by atoms with Gasteiger partial charge in [-0.15, -0.1) is 0 Å². The molecule has 130 valence electrons. The minimum Gasteiger partial charge on any atom is -0.490 e. The summed E-state index contributed by atoms with van der Waals surface area (Å²) in [4.78, 5) is 18.5. The Morgan fingerprint density at radius 3 is 2.48 bits per heavy atom. The normalized spacial score (nSPS) is 24.8. The topological polar surface area (TPSA) is 54.5 Å². The lowest BCUT2D eigenvalue weighted by molar-refractivity contribution is 0.0732. The molecule has 2 unspecified atom stereocenters.